The van der Waals surface area contributed by atoms with Crippen LogP contribution < -0.4 is 14.4 Å². The Morgan fingerprint density at radius 3 is 2.21 bits per heavy atom. The van der Waals surface area contributed by atoms with Gasteiger partial charge in [0, 0.05) is 11.5 Å². The smallest absolute Gasteiger partial charge is 0.405 e. The molecule has 0 fully saturated rings. The van der Waals surface area contributed by atoms with Gasteiger partial charge in [-0.25, -0.2) is 8.42 Å². The molecule has 2 aromatic rings. The number of rotatable bonds is 7. The van der Waals surface area contributed by atoms with Crippen molar-refractivity contribution in [3.05, 3.63) is 53.0 Å². The molecule has 0 saturated heterocycles. The Morgan fingerprint density at radius 2 is 1.68 bits per heavy atom. The van der Waals surface area contributed by atoms with Gasteiger partial charge in [0.05, 0.1) is 10.6 Å². The number of anilines is 1. The van der Waals surface area contributed by atoms with Crippen molar-refractivity contribution in [1.29, 1.82) is 0 Å². The summed E-state index contributed by atoms with van der Waals surface area (Å²) in [6.45, 7) is -2.03. The molecule has 0 bridgehead atoms. The Hall–Kier alpha value is -2.27. The molecule has 11 heteroatoms. The molecule has 2 aromatic carbocycles. The van der Waals surface area contributed by atoms with Gasteiger partial charge in [0.15, 0.2) is 6.61 Å². The lowest BCUT2D eigenvalue weighted by Crippen LogP contribution is -2.36. The third-order valence-electron chi connectivity index (χ3n) is 3.53. The Balaban J connectivity index is 1.99. The quantitative estimate of drug-likeness (QED) is 0.659. The van der Waals surface area contributed by atoms with Crippen molar-refractivity contribution in [2.45, 2.75) is 11.1 Å². The van der Waals surface area contributed by atoms with E-state index >= 15 is 0 Å². The fourth-order valence-electron chi connectivity index (χ4n) is 2.05. The molecule has 2 rings (SSSR count). The van der Waals surface area contributed by atoms with Gasteiger partial charge in [-0.2, -0.15) is 13.2 Å². The van der Waals surface area contributed by atoms with Gasteiger partial charge in [0.1, 0.15) is 12.3 Å². The summed E-state index contributed by atoms with van der Waals surface area (Å²) in [6, 6.07) is 11.9. The summed E-state index contributed by atoms with van der Waals surface area (Å²) in [5.41, 5.74) is 0.344. The summed E-state index contributed by atoms with van der Waals surface area (Å²) >= 11 is 3.24. The second-order valence-electron chi connectivity index (χ2n) is 5.60. The average Bonchev–Trinajstić information content (AvgIpc) is 2.64. The van der Waals surface area contributed by atoms with Gasteiger partial charge < -0.3 is 10.1 Å². The van der Waals surface area contributed by atoms with Crippen molar-refractivity contribution >= 4 is 37.5 Å². The number of benzene rings is 2. The van der Waals surface area contributed by atoms with Crippen molar-refractivity contribution in [2.24, 2.45) is 0 Å². The van der Waals surface area contributed by atoms with E-state index in [9.17, 15) is 26.4 Å². The molecule has 0 unspecified atom stereocenters. The number of sulfonamides is 1. The van der Waals surface area contributed by atoms with E-state index in [0.717, 1.165) is 8.78 Å². The zero-order chi connectivity index (χ0) is 20.9. The molecule has 152 valence electrons. The molecule has 0 aromatic heterocycles. The fourth-order valence-corrected chi connectivity index (χ4v) is 3.51. The first-order valence-corrected chi connectivity index (χ1v) is 10.0. The van der Waals surface area contributed by atoms with Crippen molar-refractivity contribution in [3.8, 4) is 5.75 Å². The van der Waals surface area contributed by atoms with Gasteiger partial charge >= 0.3 is 6.18 Å². The Labute approximate surface area is 168 Å². The molecule has 0 radical (unpaired) electrons. The van der Waals surface area contributed by atoms with Crippen LogP contribution in [0, 0.1) is 0 Å². The molecule has 0 saturated carbocycles. The van der Waals surface area contributed by atoms with Crippen molar-refractivity contribution in [1.82, 2.24) is 5.32 Å². The van der Waals surface area contributed by atoms with Crippen LogP contribution in [0.4, 0.5) is 18.9 Å². The number of alkyl halides is 3. The number of ether oxygens (including phenoxy) is 1. The monoisotopic (exact) mass is 480 g/mol. The number of hydrogen-bond acceptors (Lipinski definition) is 4. The summed E-state index contributed by atoms with van der Waals surface area (Å²) in [5.74, 6) is -0.711. The van der Waals surface area contributed by atoms with Crippen LogP contribution in [0.5, 0.6) is 5.75 Å². The third-order valence-corrected chi connectivity index (χ3v) is 5.86. The summed E-state index contributed by atoms with van der Waals surface area (Å²) in [4.78, 5) is 11.4. The van der Waals surface area contributed by atoms with Crippen LogP contribution in [-0.4, -0.2) is 40.7 Å². The Kier molecular flexibility index (Phi) is 6.94. The molecular formula is C17H16BrF3N2O4S. The first-order valence-electron chi connectivity index (χ1n) is 7.80. The lowest BCUT2D eigenvalue weighted by molar-refractivity contribution is -0.139. The molecule has 0 atom stereocenters. The van der Waals surface area contributed by atoms with E-state index in [-0.39, 0.29) is 10.6 Å². The first-order chi connectivity index (χ1) is 13.0. The maximum Gasteiger partial charge on any atom is 0.405 e. The number of nitrogens with one attached hydrogen (secondary N) is 1. The molecule has 1 N–H and O–H groups in total. The van der Waals surface area contributed by atoms with Crippen molar-refractivity contribution in [2.75, 3.05) is 24.5 Å². The maximum atomic E-state index is 12.6. The molecule has 0 spiro atoms. The molecule has 6 nitrogen and oxygen atoms in total. The van der Waals surface area contributed by atoms with Gasteiger partial charge in [0.25, 0.3) is 15.9 Å². The van der Waals surface area contributed by atoms with Crippen LogP contribution in [0.25, 0.3) is 0 Å². The molecule has 0 aliphatic rings. The van der Waals surface area contributed by atoms with Gasteiger partial charge in [-0.1, -0.05) is 15.9 Å². The zero-order valence-electron chi connectivity index (χ0n) is 14.5. The zero-order valence-corrected chi connectivity index (χ0v) is 16.9. The lowest BCUT2D eigenvalue weighted by Gasteiger charge is -2.20. The molecule has 0 aliphatic heterocycles. The van der Waals surface area contributed by atoms with Crippen LogP contribution in [0.2, 0.25) is 0 Å². The number of carbonyl (C=O) groups is 1. The molecular weight excluding hydrogens is 465 g/mol. The summed E-state index contributed by atoms with van der Waals surface area (Å²) in [5, 5.41) is 1.68. The highest BCUT2D eigenvalue weighted by molar-refractivity contribution is 9.10. The highest BCUT2D eigenvalue weighted by Gasteiger charge is 2.27. The number of hydrogen-bond donors (Lipinski definition) is 1. The maximum absolute atomic E-state index is 12.6. The van der Waals surface area contributed by atoms with Gasteiger partial charge in [-0.15, -0.1) is 0 Å². The van der Waals surface area contributed by atoms with E-state index in [1.54, 1.807) is 17.4 Å². The van der Waals surface area contributed by atoms with Crippen LogP contribution in [0.15, 0.2) is 57.9 Å². The standard InChI is InChI=1S/C17H16BrF3N2O4S/c1-23(28(25,26)15-8-2-12(18)3-9-15)13-4-6-14(7-5-13)27-10-16(24)22-11-17(19,20)21/h2-9H,10-11H2,1H3,(H,22,24). The molecule has 0 aliphatic carbocycles. The second kappa shape index (κ2) is 8.82. The Morgan fingerprint density at radius 1 is 1.11 bits per heavy atom. The van der Waals surface area contributed by atoms with E-state index in [1.165, 1.54) is 43.4 Å². The van der Waals surface area contributed by atoms with E-state index in [2.05, 4.69) is 15.9 Å². The minimum Gasteiger partial charge on any atom is -0.484 e. The second-order valence-corrected chi connectivity index (χ2v) is 8.49. The van der Waals surface area contributed by atoms with Crippen molar-refractivity contribution in [3.63, 3.8) is 0 Å². The largest absolute Gasteiger partial charge is 0.484 e. The summed E-state index contributed by atoms with van der Waals surface area (Å²) in [7, 11) is -2.38. The normalized spacial score (nSPS) is 11.8. The fraction of sp³-hybridized carbons (Fsp3) is 0.235. The van der Waals surface area contributed by atoms with Crippen LogP contribution >= 0.6 is 15.9 Å². The van der Waals surface area contributed by atoms with Crippen LogP contribution in [0.1, 0.15) is 0 Å². The number of halogens is 4. The molecule has 0 heterocycles. The van der Waals surface area contributed by atoms with Gasteiger partial charge in [-0.05, 0) is 48.5 Å². The number of carbonyl (C=O) groups excluding carboxylic acids is 1. The predicted molar refractivity (Wildman–Crippen MR) is 101 cm³/mol. The predicted octanol–water partition coefficient (Wildman–Crippen LogP) is 3.33. The number of amides is 1. The summed E-state index contributed by atoms with van der Waals surface area (Å²) in [6.07, 6.45) is -4.50. The average molecular weight is 481 g/mol. The highest BCUT2D eigenvalue weighted by Crippen LogP contribution is 2.25. The van der Waals surface area contributed by atoms with Crippen LogP contribution in [-0.2, 0) is 14.8 Å². The lowest BCUT2D eigenvalue weighted by atomic mass is 10.3. The summed E-state index contributed by atoms with van der Waals surface area (Å²) < 4.78 is 68.3. The SMILES string of the molecule is CN(c1ccc(OCC(=O)NCC(F)(F)F)cc1)S(=O)(=O)c1ccc(Br)cc1. The van der Waals surface area contributed by atoms with Gasteiger partial charge in [0.2, 0.25) is 0 Å². The van der Waals surface area contributed by atoms with E-state index in [0.29, 0.717) is 5.69 Å². The highest BCUT2D eigenvalue weighted by atomic mass is 79.9. The van der Waals surface area contributed by atoms with Gasteiger partial charge in [-0.3, -0.25) is 9.10 Å². The molecule has 1 amide bonds. The Bertz CT molecular complexity index is 917. The minimum atomic E-state index is -4.50. The van der Waals surface area contributed by atoms with Crippen LogP contribution in [0.3, 0.4) is 0 Å². The topological polar surface area (TPSA) is 75.7 Å². The number of nitrogens with zero attached hydrogens (tertiary/aromatic N) is 1. The minimum absolute atomic E-state index is 0.111. The van der Waals surface area contributed by atoms with Crippen molar-refractivity contribution < 1.29 is 31.1 Å². The first kappa shape index (κ1) is 22.0. The third kappa shape index (κ3) is 6.13. The molecule has 28 heavy (non-hydrogen) atoms. The van der Waals surface area contributed by atoms with E-state index in [1.807, 2.05) is 0 Å². The van der Waals surface area contributed by atoms with E-state index < -0.39 is 35.3 Å². The van der Waals surface area contributed by atoms with E-state index in [4.69, 9.17) is 4.74 Å².